The number of fused-ring (bicyclic) bond motifs is 2. The number of amides is 1. The van der Waals surface area contributed by atoms with Crippen LogP contribution in [-0.4, -0.2) is 63.7 Å². The highest BCUT2D eigenvalue weighted by atomic mass is 19.2. The van der Waals surface area contributed by atoms with Crippen molar-refractivity contribution in [1.29, 1.82) is 0 Å². The summed E-state index contributed by atoms with van der Waals surface area (Å²) in [6.07, 6.45) is 6.09. The van der Waals surface area contributed by atoms with Crippen LogP contribution in [0.5, 0.6) is 0 Å². The molecule has 1 amide bonds. The van der Waals surface area contributed by atoms with Crippen molar-refractivity contribution < 1.29 is 22.8 Å². The number of carbonyl (C=O) groups is 2. The van der Waals surface area contributed by atoms with E-state index in [0.29, 0.717) is 47.3 Å². The number of carbonyl (C=O) groups excluding carboxylic acids is 2. The van der Waals surface area contributed by atoms with Crippen molar-refractivity contribution in [2.24, 2.45) is 0 Å². The second kappa shape index (κ2) is 10.6. The summed E-state index contributed by atoms with van der Waals surface area (Å²) < 4.78 is 41.6. The van der Waals surface area contributed by atoms with Crippen LogP contribution < -0.4 is 5.32 Å². The summed E-state index contributed by atoms with van der Waals surface area (Å²) in [7, 11) is 0. The molecule has 1 atom stereocenters. The van der Waals surface area contributed by atoms with Crippen molar-refractivity contribution in [2.45, 2.75) is 45.2 Å². The molecule has 0 spiro atoms. The van der Waals surface area contributed by atoms with Gasteiger partial charge in [-0.3, -0.25) is 9.59 Å². The summed E-state index contributed by atoms with van der Waals surface area (Å²) in [5.41, 5.74) is 3.60. The van der Waals surface area contributed by atoms with E-state index < -0.39 is 23.5 Å². The Hall–Kier alpha value is -3.92. The lowest BCUT2D eigenvalue weighted by atomic mass is 9.98. The first kappa shape index (κ1) is 26.3. The molecule has 40 heavy (non-hydrogen) atoms. The van der Waals surface area contributed by atoms with Gasteiger partial charge >= 0.3 is 0 Å². The number of aromatic nitrogens is 2. The summed E-state index contributed by atoms with van der Waals surface area (Å²) in [4.78, 5) is 38.3. The second-order valence-corrected chi connectivity index (χ2v) is 10.8. The molecule has 6 rings (SSSR count). The summed E-state index contributed by atoms with van der Waals surface area (Å²) in [6, 6.07) is 4.74. The number of halogens is 3. The highest BCUT2D eigenvalue weighted by Gasteiger charge is 2.30. The van der Waals surface area contributed by atoms with Crippen LogP contribution in [0.4, 0.5) is 13.2 Å². The summed E-state index contributed by atoms with van der Waals surface area (Å²) in [5, 5.41) is 3.19. The Morgan fingerprint density at radius 1 is 1.07 bits per heavy atom. The van der Waals surface area contributed by atoms with Crippen molar-refractivity contribution in [3.05, 3.63) is 82.1 Å². The molecule has 1 fully saturated rings. The Kier molecular flexibility index (Phi) is 6.95. The van der Waals surface area contributed by atoms with Crippen LogP contribution in [-0.2, 0) is 17.8 Å². The number of hydrogen-bond acceptors (Lipinski definition) is 5. The molecule has 0 saturated carbocycles. The molecule has 208 valence electrons. The maximum absolute atomic E-state index is 14.2. The van der Waals surface area contributed by atoms with E-state index in [1.807, 2.05) is 11.0 Å². The van der Waals surface area contributed by atoms with Gasteiger partial charge in [-0.2, -0.15) is 0 Å². The fraction of sp³-hybridized carbons (Fsp3) is 0.367. The number of likely N-dealkylation sites (tertiary alicyclic amines) is 1. The SMILES string of the molecule is C[C@@H](Cc1cc(F)cc(F)c1F)NC1=C(c2nc3cc4c(cc3[nH]2)CN(CCN2CCCC2)C4=O)C(=O)CC=C1. The molecule has 2 aliphatic heterocycles. The van der Waals surface area contributed by atoms with Crippen LogP contribution in [0.1, 0.15) is 53.5 Å². The molecule has 0 bridgehead atoms. The Morgan fingerprint density at radius 3 is 2.67 bits per heavy atom. The van der Waals surface area contributed by atoms with Gasteiger partial charge in [0, 0.05) is 49.4 Å². The fourth-order valence-corrected chi connectivity index (χ4v) is 5.85. The maximum atomic E-state index is 14.2. The van der Waals surface area contributed by atoms with E-state index in [4.69, 9.17) is 0 Å². The minimum Gasteiger partial charge on any atom is -0.382 e. The van der Waals surface area contributed by atoms with E-state index in [1.54, 1.807) is 25.1 Å². The van der Waals surface area contributed by atoms with Gasteiger partial charge in [0.1, 0.15) is 11.6 Å². The zero-order valence-electron chi connectivity index (χ0n) is 22.2. The molecule has 1 aromatic heterocycles. The van der Waals surface area contributed by atoms with E-state index in [9.17, 15) is 22.8 Å². The van der Waals surface area contributed by atoms with Crippen LogP contribution in [0.3, 0.4) is 0 Å². The largest absolute Gasteiger partial charge is 0.382 e. The van der Waals surface area contributed by atoms with Crippen molar-refractivity contribution in [2.75, 3.05) is 26.2 Å². The lowest BCUT2D eigenvalue weighted by molar-refractivity contribution is -0.113. The Balaban J connectivity index is 1.23. The third-order valence-electron chi connectivity index (χ3n) is 7.84. The molecule has 1 aliphatic carbocycles. The lowest BCUT2D eigenvalue weighted by Gasteiger charge is -2.21. The zero-order valence-corrected chi connectivity index (χ0v) is 22.2. The molecule has 3 aromatic rings. The van der Waals surface area contributed by atoms with Gasteiger partial charge in [-0.15, -0.1) is 0 Å². The number of allylic oxidation sites excluding steroid dienone is 3. The molecule has 1 saturated heterocycles. The summed E-state index contributed by atoms with van der Waals surface area (Å²) >= 11 is 0. The monoisotopic (exact) mass is 549 g/mol. The normalized spacial score (nSPS) is 18.4. The number of imidazole rings is 1. The van der Waals surface area contributed by atoms with Gasteiger partial charge < -0.3 is 20.1 Å². The van der Waals surface area contributed by atoms with Crippen molar-refractivity contribution in [3.8, 4) is 0 Å². The number of H-pyrrole nitrogens is 1. The number of ketones is 1. The van der Waals surface area contributed by atoms with E-state index in [-0.39, 0.29) is 30.1 Å². The molecule has 10 heteroatoms. The number of rotatable bonds is 8. The first-order valence-corrected chi connectivity index (χ1v) is 13.7. The molecule has 0 unspecified atom stereocenters. The quantitative estimate of drug-likeness (QED) is 0.405. The third-order valence-corrected chi connectivity index (χ3v) is 7.84. The highest BCUT2D eigenvalue weighted by Crippen LogP contribution is 2.30. The van der Waals surface area contributed by atoms with E-state index >= 15 is 0 Å². The molecular formula is C30H30F3N5O2. The molecule has 0 radical (unpaired) electrons. The average molecular weight is 550 g/mol. The number of Topliss-reactive ketones (excluding diaryl/α,β-unsaturated/α-hetero) is 1. The Labute approximate surface area is 229 Å². The average Bonchev–Trinajstić information content (AvgIpc) is 3.64. The van der Waals surface area contributed by atoms with Gasteiger partial charge in [-0.05, 0) is 74.7 Å². The maximum Gasteiger partial charge on any atom is 0.254 e. The molecule has 2 N–H and O–H groups in total. The van der Waals surface area contributed by atoms with E-state index in [1.165, 1.54) is 12.8 Å². The number of nitrogens with zero attached hydrogens (tertiary/aromatic N) is 3. The van der Waals surface area contributed by atoms with Crippen LogP contribution in [0.2, 0.25) is 0 Å². The van der Waals surface area contributed by atoms with Gasteiger partial charge in [0.05, 0.1) is 16.6 Å². The van der Waals surface area contributed by atoms with E-state index in [2.05, 4.69) is 20.2 Å². The van der Waals surface area contributed by atoms with Gasteiger partial charge in [-0.25, -0.2) is 18.2 Å². The second-order valence-electron chi connectivity index (χ2n) is 10.8. The molecule has 7 nitrogen and oxygen atoms in total. The Morgan fingerprint density at radius 2 is 1.88 bits per heavy atom. The number of hydrogen-bond donors (Lipinski definition) is 2. The van der Waals surface area contributed by atoms with Crippen LogP contribution >= 0.6 is 0 Å². The molecule has 3 aliphatic rings. The number of benzene rings is 2. The molecule has 2 aromatic carbocycles. The smallest absolute Gasteiger partial charge is 0.254 e. The minimum absolute atomic E-state index is 0.00253. The van der Waals surface area contributed by atoms with Crippen molar-refractivity contribution >= 4 is 28.3 Å². The topological polar surface area (TPSA) is 81.3 Å². The first-order chi connectivity index (χ1) is 19.3. The minimum atomic E-state index is -1.24. The third kappa shape index (κ3) is 5.03. The lowest BCUT2D eigenvalue weighted by Crippen LogP contribution is -2.33. The van der Waals surface area contributed by atoms with Gasteiger partial charge in [0.25, 0.3) is 5.91 Å². The van der Waals surface area contributed by atoms with Crippen LogP contribution in [0, 0.1) is 17.5 Å². The number of aromatic amines is 1. The standard InChI is InChI=1S/C30H30F3N5O2/c1-17(11-18-12-20(31)14-22(32)28(18)33)34-23-5-4-6-26(39)27(23)29-35-24-13-19-16-38(10-9-37-7-2-3-8-37)30(40)21(19)15-25(24)36-29/h4-5,12-15,17,34H,2-3,6-11,16H2,1H3,(H,35,36)/t17-/m0/s1. The van der Waals surface area contributed by atoms with Crippen LogP contribution in [0.15, 0.2) is 42.1 Å². The van der Waals surface area contributed by atoms with Crippen molar-refractivity contribution in [1.82, 2.24) is 25.1 Å². The Bertz CT molecular complexity index is 1570. The van der Waals surface area contributed by atoms with Gasteiger partial charge in [0.15, 0.2) is 17.4 Å². The summed E-state index contributed by atoms with van der Waals surface area (Å²) in [6.45, 7) is 6.02. The predicted molar refractivity (Wildman–Crippen MR) is 145 cm³/mol. The van der Waals surface area contributed by atoms with E-state index in [0.717, 1.165) is 36.8 Å². The van der Waals surface area contributed by atoms with Gasteiger partial charge in [-0.1, -0.05) is 6.08 Å². The predicted octanol–water partition coefficient (Wildman–Crippen LogP) is 4.49. The molecular weight excluding hydrogens is 519 g/mol. The van der Waals surface area contributed by atoms with Crippen molar-refractivity contribution in [3.63, 3.8) is 0 Å². The first-order valence-electron chi connectivity index (χ1n) is 13.7. The van der Waals surface area contributed by atoms with Crippen LogP contribution in [0.25, 0.3) is 16.6 Å². The number of nitrogens with one attached hydrogen (secondary N) is 2. The molecule has 3 heterocycles. The van der Waals surface area contributed by atoms with Gasteiger partial charge in [0.2, 0.25) is 0 Å². The summed E-state index contributed by atoms with van der Waals surface area (Å²) in [5.74, 6) is -2.98. The highest BCUT2D eigenvalue weighted by molar-refractivity contribution is 6.22. The fourth-order valence-electron chi connectivity index (χ4n) is 5.85. The zero-order chi connectivity index (χ0) is 28.0.